The maximum absolute atomic E-state index is 13.6. The maximum atomic E-state index is 13.6. The monoisotopic (exact) mass is 460 g/mol. The fourth-order valence-corrected chi connectivity index (χ4v) is 6.59. The molecule has 172 valence electrons. The normalized spacial score (nSPS) is 14.0. The molecule has 3 rings (SSSR count). The van der Waals surface area contributed by atoms with Crippen LogP contribution >= 0.6 is 7.92 Å². The van der Waals surface area contributed by atoms with Crippen LogP contribution < -0.4 is 15.9 Å². The van der Waals surface area contributed by atoms with Crippen LogP contribution in [-0.2, 0) is 9.53 Å². The van der Waals surface area contributed by atoms with Gasteiger partial charge in [-0.05, 0) is 47.7 Å². The first-order chi connectivity index (χ1) is 15.9. The topological polar surface area (TPSA) is 43.4 Å². The molecule has 0 fully saturated rings. The van der Waals surface area contributed by atoms with Gasteiger partial charge in [0.2, 0.25) is 0 Å². The van der Waals surface area contributed by atoms with Crippen molar-refractivity contribution in [3.8, 4) is 0 Å². The highest BCUT2D eigenvalue weighted by Crippen LogP contribution is 2.35. The number of aldehydes is 1. The van der Waals surface area contributed by atoms with Crippen molar-refractivity contribution in [2.75, 3.05) is 0 Å². The zero-order valence-corrected chi connectivity index (χ0v) is 20.7. The highest BCUT2D eigenvalue weighted by molar-refractivity contribution is 7.80. The molecule has 4 heteroatoms. The van der Waals surface area contributed by atoms with Crippen molar-refractivity contribution in [3.05, 3.63) is 90.5 Å². The Morgan fingerprint density at radius 1 is 0.818 bits per heavy atom. The van der Waals surface area contributed by atoms with Gasteiger partial charge in [-0.1, -0.05) is 107 Å². The average molecular weight is 461 g/mol. The molecule has 3 atom stereocenters. The largest absolute Gasteiger partial charge is 0.458 e. The standard InChI is InChI=1S/C29H33O3P/c1-21(2)28(23(4)22(3)19-20-30)32-29(31)26-17-11-12-18-27(26)33(24-13-7-5-8-14-24)25-15-9-6-10-16-25/h5-18,20-23,28H,19H2,1-4H3/t22-,23-,28-/m1/s1. The van der Waals surface area contributed by atoms with E-state index < -0.39 is 7.92 Å². The fraction of sp³-hybridized carbons (Fsp3) is 0.310. The van der Waals surface area contributed by atoms with Gasteiger partial charge >= 0.3 is 5.97 Å². The second kappa shape index (κ2) is 11.9. The molecule has 0 aromatic heterocycles. The summed E-state index contributed by atoms with van der Waals surface area (Å²) in [6.07, 6.45) is 1.15. The van der Waals surface area contributed by atoms with Crippen LogP contribution in [0.5, 0.6) is 0 Å². The number of hydrogen-bond acceptors (Lipinski definition) is 3. The summed E-state index contributed by atoms with van der Waals surface area (Å²) in [4.78, 5) is 24.6. The molecule has 0 saturated carbocycles. The van der Waals surface area contributed by atoms with Gasteiger partial charge in [0.05, 0.1) is 5.56 Å². The molecule has 3 aromatic carbocycles. The van der Waals surface area contributed by atoms with E-state index in [1.165, 1.54) is 10.6 Å². The summed E-state index contributed by atoms with van der Waals surface area (Å²) in [5, 5.41) is 3.37. The van der Waals surface area contributed by atoms with E-state index in [1.54, 1.807) is 0 Å². The van der Waals surface area contributed by atoms with Crippen LogP contribution in [0, 0.1) is 17.8 Å². The van der Waals surface area contributed by atoms with E-state index in [4.69, 9.17) is 4.74 Å². The van der Waals surface area contributed by atoms with Gasteiger partial charge < -0.3 is 9.53 Å². The van der Waals surface area contributed by atoms with Gasteiger partial charge in [0.15, 0.2) is 0 Å². The Labute approximate surface area is 198 Å². The zero-order chi connectivity index (χ0) is 23.8. The van der Waals surface area contributed by atoms with E-state index in [9.17, 15) is 9.59 Å². The van der Waals surface area contributed by atoms with E-state index in [2.05, 4.69) is 45.0 Å². The molecule has 3 nitrogen and oxygen atoms in total. The van der Waals surface area contributed by atoms with Gasteiger partial charge in [0, 0.05) is 6.42 Å². The molecule has 0 heterocycles. The number of esters is 1. The molecule has 0 bridgehead atoms. The summed E-state index contributed by atoms with van der Waals surface area (Å²) in [6.45, 7) is 8.24. The number of benzene rings is 3. The van der Waals surface area contributed by atoms with E-state index in [0.717, 1.165) is 11.6 Å². The Hall–Kier alpha value is -2.77. The highest BCUT2D eigenvalue weighted by Gasteiger charge is 2.31. The SMILES string of the molecule is CC(C)[C@@H](OC(=O)c1ccccc1P(c1ccccc1)c1ccccc1)[C@H](C)[C@H](C)CC=O. The summed E-state index contributed by atoms with van der Waals surface area (Å²) < 4.78 is 6.15. The minimum Gasteiger partial charge on any atom is -0.458 e. The minimum atomic E-state index is -0.920. The van der Waals surface area contributed by atoms with Crippen LogP contribution in [-0.4, -0.2) is 18.4 Å². The van der Waals surface area contributed by atoms with Gasteiger partial charge in [-0.25, -0.2) is 4.79 Å². The van der Waals surface area contributed by atoms with Gasteiger partial charge in [0.25, 0.3) is 0 Å². The molecule has 0 N–H and O–H groups in total. The third-order valence-electron chi connectivity index (χ3n) is 6.18. The first kappa shape index (κ1) is 24.9. The lowest BCUT2D eigenvalue weighted by molar-refractivity contribution is -0.109. The lowest BCUT2D eigenvalue weighted by Gasteiger charge is -2.31. The van der Waals surface area contributed by atoms with Gasteiger partial charge in [0.1, 0.15) is 12.4 Å². The van der Waals surface area contributed by atoms with Crippen molar-refractivity contribution in [2.24, 2.45) is 17.8 Å². The van der Waals surface area contributed by atoms with Crippen molar-refractivity contribution in [3.63, 3.8) is 0 Å². The zero-order valence-electron chi connectivity index (χ0n) is 19.8. The smallest absolute Gasteiger partial charge is 0.339 e. The van der Waals surface area contributed by atoms with E-state index in [1.807, 2.05) is 67.6 Å². The van der Waals surface area contributed by atoms with E-state index in [0.29, 0.717) is 12.0 Å². The molecule has 0 radical (unpaired) electrons. The number of ether oxygens (including phenoxy) is 1. The van der Waals surface area contributed by atoms with Crippen LogP contribution in [0.3, 0.4) is 0 Å². The summed E-state index contributed by atoms with van der Waals surface area (Å²) in [7, 11) is -0.920. The molecule has 3 aromatic rings. The first-order valence-electron chi connectivity index (χ1n) is 11.6. The first-order valence-corrected chi connectivity index (χ1v) is 12.9. The second-order valence-corrected chi connectivity index (χ2v) is 11.1. The maximum Gasteiger partial charge on any atom is 0.339 e. The summed E-state index contributed by atoms with van der Waals surface area (Å²) in [6, 6.07) is 28.5. The Morgan fingerprint density at radius 3 is 1.85 bits per heavy atom. The molecule has 0 saturated heterocycles. The lowest BCUT2D eigenvalue weighted by Crippen LogP contribution is -2.35. The molecular formula is C29H33O3P. The number of rotatable bonds is 10. The van der Waals surface area contributed by atoms with Crippen molar-refractivity contribution in [2.45, 2.75) is 40.2 Å². The van der Waals surface area contributed by atoms with Crippen LogP contribution in [0.1, 0.15) is 44.5 Å². The van der Waals surface area contributed by atoms with Crippen molar-refractivity contribution < 1.29 is 14.3 Å². The second-order valence-electron chi connectivity index (χ2n) is 8.88. The number of carbonyl (C=O) groups excluding carboxylic acids is 2. The molecule has 0 aliphatic rings. The van der Waals surface area contributed by atoms with Gasteiger partial charge in [-0.3, -0.25) is 0 Å². The quantitative estimate of drug-likeness (QED) is 0.228. The number of hydrogen-bond donors (Lipinski definition) is 0. The van der Waals surface area contributed by atoms with Gasteiger partial charge in [-0.15, -0.1) is 0 Å². The third kappa shape index (κ3) is 6.18. The summed E-state index contributed by atoms with van der Waals surface area (Å²) >= 11 is 0. The molecule has 0 unspecified atom stereocenters. The molecule has 0 aliphatic heterocycles. The molecule has 0 spiro atoms. The van der Waals surface area contributed by atoms with Crippen LogP contribution in [0.15, 0.2) is 84.9 Å². The predicted octanol–water partition coefficient (Wildman–Crippen LogP) is 5.49. The van der Waals surface area contributed by atoms with Crippen molar-refractivity contribution >= 4 is 36.1 Å². The summed E-state index contributed by atoms with van der Waals surface area (Å²) in [5.74, 6) is 0.0727. The van der Waals surface area contributed by atoms with E-state index in [-0.39, 0.29) is 29.8 Å². The van der Waals surface area contributed by atoms with Gasteiger partial charge in [-0.2, -0.15) is 0 Å². The predicted molar refractivity (Wildman–Crippen MR) is 138 cm³/mol. The molecule has 0 aliphatic carbocycles. The Balaban J connectivity index is 2.00. The third-order valence-corrected chi connectivity index (χ3v) is 8.68. The lowest BCUT2D eigenvalue weighted by atomic mass is 9.83. The Kier molecular flexibility index (Phi) is 8.97. The van der Waals surface area contributed by atoms with Crippen molar-refractivity contribution in [1.29, 1.82) is 0 Å². The van der Waals surface area contributed by atoms with E-state index >= 15 is 0 Å². The summed E-state index contributed by atoms with van der Waals surface area (Å²) in [5.41, 5.74) is 0.609. The Morgan fingerprint density at radius 2 is 1.33 bits per heavy atom. The average Bonchev–Trinajstić information content (AvgIpc) is 2.84. The molecule has 0 amide bonds. The number of carbonyl (C=O) groups is 2. The molecule has 33 heavy (non-hydrogen) atoms. The highest BCUT2D eigenvalue weighted by atomic mass is 31.1. The Bertz CT molecular complexity index is 994. The van der Waals surface area contributed by atoms with Crippen molar-refractivity contribution in [1.82, 2.24) is 0 Å². The van der Waals surface area contributed by atoms with Crippen LogP contribution in [0.2, 0.25) is 0 Å². The van der Waals surface area contributed by atoms with Crippen LogP contribution in [0.4, 0.5) is 0 Å². The molecular weight excluding hydrogens is 427 g/mol. The minimum absolute atomic E-state index is 0.0797. The van der Waals surface area contributed by atoms with Crippen LogP contribution in [0.25, 0.3) is 0 Å². The fourth-order valence-electron chi connectivity index (χ4n) is 4.15.